The molecule has 0 saturated carbocycles. The van der Waals surface area contributed by atoms with E-state index >= 15 is 0 Å². The summed E-state index contributed by atoms with van der Waals surface area (Å²) >= 11 is 0. The third-order valence-corrected chi connectivity index (χ3v) is 8.58. The van der Waals surface area contributed by atoms with Crippen molar-refractivity contribution in [3.05, 3.63) is 59.6 Å². The molecule has 200 valence electrons. The molecule has 1 saturated heterocycles. The molecular formula is C26H31N4O7Si+. The van der Waals surface area contributed by atoms with Gasteiger partial charge in [-0.05, 0) is 29.8 Å². The van der Waals surface area contributed by atoms with Crippen molar-refractivity contribution in [2.24, 2.45) is 0 Å². The van der Waals surface area contributed by atoms with Gasteiger partial charge in [0, 0.05) is 31.5 Å². The first-order valence-corrected chi connectivity index (χ1v) is 16.0. The summed E-state index contributed by atoms with van der Waals surface area (Å²) in [4.78, 5) is 42.9. The smallest absolute Gasteiger partial charge is 0.327 e. The van der Waals surface area contributed by atoms with E-state index in [0.29, 0.717) is 28.9 Å². The molecule has 11 nitrogen and oxygen atoms in total. The van der Waals surface area contributed by atoms with E-state index in [0.717, 1.165) is 21.2 Å². The molecule has 1 fully saturated rings. The summed E-state index contributed by atoms with van der Waals surface area (Å²) in [6.07, 6.45) is 2.82. The van der Waals surface area contributed by atoms with Crippen molar-refractivity contribution in [3.63, 3.8) is 0 Å². The summed E-state index contributed by atoms with van der Waals surface area (Å²) < 4.78 is 17.9. The molecule has 2 aromatic heterocycles. The number of imide groups is 1. The highest BCUT2D eigenvalue weighted by atomic mass is 28.3. The van der Waals surface area contributed by atoms with E-state index in [2.05, 4.69) is 25.0 Å². The van der Waals surface area contributed by atoms with Gasteiger partial charge in [0.15, 0.2) is 5.54 Å². The SMILES string of the molecule is COc1ccc2c(c1)C(=O)N(C[C@@]1(c3cc4c[n+](O)ccc4o3)NC(=O)N(COCC[Si](C)(C)C)C1=O)C2. The number of nitrogens with zero attached hydrogens (tertiary/aromatic N) is 3. The second-order valence-corrected chi connectivity index (χ2v) is 16.5. The Morgan fingerprint density at radius 3 is 2.71 bits per heavy atom. The molecule has 38 heavy (non-hydrogen) atoms. The predicted molar refractivity (Wildman–Crippen MR) is 137 cm³/mol. The number of hydrogen-bond donors (Lipinski definition) is 2. The zero-order valence-corrected chi connectivity index (χ0v) is 22.8. The number of ether oxygens (including phenoxy) is 2. The monoisotopic (exact) mass is 539 g/mol. The minimum atomic E-state index is -1.68. The Hall–Kier alpha value is -3.90. The van der Waals surface area contributed by atoms with Crippen LogP contribution in [-0.2, 0) is 21.6 Å². The number of nitrogens with one attached hydrogen (secondary N) is 1. The number of methoxy groups -OCH3 is 1. The molecular weight excluding hydrogens is 508 g/mol. The van der Waals surface area contributed by atoms with Gasteiger partial charge in [-0.2, -0.15) is 0 Å². The van der Waals surface area contributed by atoms with E-state index in [1.54, 1.807) is 24.3 Å². The van der Waals surface area contributed by atoms with E-state index < -0.39 is 25.6 Å². The Morgan fingerprint density at radius 1 is 1.18 bits per heavy atom. The number of amides is 4. The molecule has 0 radical (unpaired) electrons. The third-order valence-electron chi connectivity index (χ3n) is 6.88. The highest BCUT2D eigenvalue weighted by molar-refractivity contribution is 6.76. The fraction of sp³-hybridized carbons (Fsp3) is 0.385. The van der Waals surface area contributed by atoms with Gasteiger partial charge in [-0.25, -0.2) is 9.69 Å². The number of aromatic nitrogens is 1. The quantitative estimate of drug-likeness (QED) is 0.141. The lowest BCUT2D eigenvalue weighted by molar-refractivity contribution is -0.904. The number of furan rings is 1. The Kier molecular flexibility index (Phi) is 6.39. The van der Waals surface area contributed by atoms with Crippen molar-refractivity contribution in [2.75, 3.05) is 27.0 Å². The van der Waals surface area contributed by atoms with Crippen molar-refractivity contribution in [1.29, 1.82) is 0 Å². The first-order chi connectivity index (χ1) is 18.0. The summed E-state index contributed by atoms with van der Waals surface area (Å²) in [7, 11) is 0.164. The highest BCUT2D eigenvalue weighted by Gasteiger charge is 2.57. The van der Waals surface area contributed by atoms with Gasteiger partial charge in [-0.3, -0.25) is 14.8 Å². The summed E-state index contributed by atoms with van der Waals surface area (Å²) in [5.41, 5.74) is 0.00610. The van der Waals surface area contributed by atoms with Crippen LogP contribution in [0.4, 0.5) is 4.79 Å². The van der Waals surface area contributed by atoms with Crippen LogP contribution in [0.1, 0.15) is 21.7 Å². The molecule has 4 amide bonds. The number of rotatable bonds is 9. The zero-order valence-electron chi connectivity index (χ0n) is 21.8. The standard InChI is InChI=1S/C26H30N4O7Si/c1-35-19-6-5-17-13-28(23(31)20(17)12-19)15-26(22-11-18-14-29(34)8-7-21(18)37-22)24(32)30(25(33)27-26)16-36-9-10-38(2,3)4/h5-8,11-12,14H,9-10,13,15-16H2,1-4H3,(H-,27,33,34)/p+1/t26-/m0/s1. The minimum Gasteiger partial charge on any atom is -0.497 e. The number of hydrogen-bond acceptors (Lipinski definition) is 7. The summed E-state index contributed by atoms with van der Waals surface area (Å²) in [5, 5.41) is 13.2. The molecule has 4 heterocycles. The number of urea groups is 1. The van der Waals surface area contributed by atoms with Crippen molar-refractivity contribution in [2.45, 2.75) is 37.8 Å². The molecule has 0 unspecified atom stereocenters. The van der Waals surface area contributed by atoms with Gasteiger partial charge in [0.05, 0.1) is 25.1 Å². The molecule has 2 aliphatic rings. The molecule has 3 aromatic rings. The first kappa shape index (κ1) is 25.7. The fourth-order valence-corrected chi connectivity index (χ4v) is 5.46. The Bertz CT molecular complexity index is 1430. The maximum Gasteiger partial charge on any atom is 0.327 e. The van der Waals surface area contributed by atoms with Gasteiger partial charge in [0.1, 0.15) is 23.8 Å². The molecule has 1 aromatic carbocycles. The Balaban J connectivity index is 1.47. The van der Waals surface area contributed by atoms with Gasteiger partial charge < -0.3 is 24.1 Å². The number of pyridine rings is 1. The first-order valence-electron chi connectivity index (χ1n) is 12.3. The van der Waals surface area contributed by atoms with E-state index in [1.165, 1.54) is 24.4 Å². The molecule has 1 atom stereocenters. The summed E-state index contributed by atoms with van der Waals surface area (Å²) in [6, 6.07) is 8.65. The van der Waals surface area contributed by atoms with Crippen LogP contribution in [0.15, 0.2) is 47.1 Å². The minimum absolute atomic E-state index is 0.155. The van der Waals surface area contributed by atoms with Crippen LogP contribution in [0.25, 0.3) is 11.0 Å². The normalized spacial score (nSPS) is 19.4. The highest BCUT2D eigenvalue weighted by Crippen LogP contribution is 2.36. The lowest BCUT2D eigenvalue weighted by atomic mass is 9.95. The van der Waals surface area contributed by atoms with Gasteiger partial charge in [-0.15, -0.1) is 0 Å². The van der Waals surface area contributed by atoms with Crippen LogP contribution < -0.4 is 14.8 Å². The molecule has 2 N–H and O–H groups in total. The van der Waals surface area contributed by atoms with Gasteiger partial charge in [0.2, 0.25) is 12.4 Å². The van der Waals surface area contributed by atoms with Crippen LogP contribution >= 0.6 is 0 Å². The van der Waals surface area contributed by atoms with Crippen molar-refractivity contribution in [3.8, 4) is 5.75 Å². The number of carbonyl (C=O) groups excluding carboxylic acids is 3. The molecule has 5 rings (SSSR count). The summed E-state index contributed by atoms with van der Waals surface area (Å²) in [6.45, 7) is 6.97. The predicted octanol–water partition coefficient (Wildman–Crippen LogP) is 2.68. The third kappa shape index (κ3) is 4.61. The lowest BCUT2D eigenvalue weighted by Gasteiger charge is -2.29. The fourth-order valence-electron chi connectivity index (χ4n) is 4.70. The van der Waals surface area contributed by atoms with E-state index in [4.69, 9.17) is 13.9 Å². The molecule has 12 heteroatoms. The molecule has 0 bridgehead atoms. The maximum atomic E-state index is 13.9. The maximum absolute atomic E-state index is 13.9. The number of benzene rings is 1. The topological polar surface area (TPSA) is 125 Å². The van der Waals surface area contributed by atoms with E-state index in [-0.39, 0.29) is 31.5 Å². The second-order valence-electron chi connectivity index (χ2n) is 10.9. The zero-order chi connectivity index (χ0) is 27.2. The average molecular weight is 540 g/mol. The molecule has 0 spiro atoms. The van der Waals surface area contributed by atoms with Crippen LogP contribution in [0, 0.1) is 0 Å². The lowest BCUT2D eigenvalue weighted by Crippen LogP contribution is -2.52. The van der Waals surface area contributed by atoms with Crippen molar-refractivity contribution < 1.29 is 38.2 Å². The van der Waals surface area contributed by atoms with E-state index in [9.17, 15) is 19.6 Å². The van der Waals surface area contributed by atoms with Crippen molar-refractivity contribution in [1.82, 2.24) is 15.1 Å². The second kappa shape index (κ2) is 9.44. The van der Waals surface area contributed by atoms with Gasteiger partial charge in [0.25, 0.3) is 11.8 Å². The number of carbonyl (C=O) groups is 3. The number of fused-ring (bicyclic) bond motifs is 2. The van der Waals surface area contributed by atoms with Gasteiger partial charge in [-0.1, -0.05) is 25.7 Å². The van der Waals surface area contributed by atoms with Crippen LogP contribution in [0.5, 0.6) is 5.75 Å². The average Bonchev–Trinajstić information content (AvgIpc) is 3.49. The van der Waals surface area contributed by atoms with E-state index in [1.807, 2.05) is 6.07 Å². The largest absolute Gasteiger partial charge is 0.497 e. The van der Waals surface area contributed by atoms with Crippen LogP contribution in [-0.4, -0.2) is 67.9 Å². The van der Waals surface area contributed by atoms with Crippen LogP contribution in [0.3, 0.4) is 0 Å². The molecule has 2 aliphatic heterocycles. The molecule has 0 aliphatic carbocycles. The summed E-state index contributed by atoms with van der Waals surface area (Å²) in [5.74, 6) is -0.152. The van der Waals surface area contributed by atoms with Crippen molar-refractivity contribution >= 4 is 36.9 Å². The Labute approximate surface area is 220 Å². The Morgan fingerprint density at radius 2 is 1.97 bits per heavy atom. The van der Waals surface area contributed by atoms with Gasteiger partial charge >= 0.3 is 6.03 Å². The van der Waals surface area contributed by atoms with Crippen LogP contribution in [0.2, 0.25) is 25.7 Å².